The van der Waals surface area contributed by atoms with Gasteiger partial charge in [-0.2, -0.15) is 11.3 Å². The van der Waals surface area contributed by atoms with Gasteiger partial charge in [-0.25, -0.2) is 0 Å². The molecule has 0 saturated heterocycles. The van der Waals surface area contributed by atoms with Crippen molar-refractivity contribution < 1.29 is 4.42 Å². The van der Waals surface area contributed by atoms with Crippen LogP contribution in [0.2, 0.25) is 0 Å². The Balaban J connectivity index is 2.25. The summed E-state index contributed by atoms with van der Waals surface area (Å²) in [5.41, 5.74) is 2.45. The normalized spacial score (nSPS) is 12.9. The molecule has 86 valence electrons. The van der Waals surface area contributed by atoms with E-state index >= 15 is 0 Å². The summed E-state index contributed by atoms with van der Waals surface area (Å²) in [6.07, 6.45) is 2.84. The van der Waals surface area contributed by atoms with Crippen molar-refractivity contribution >= 4 is 27.3 Å². The van der Waals surface area contributed by atoms with Crippen molar-refractivity contribution in [1.82, 2.24) is 5.32 Å². The Morgan fingerprint density at radius 1 is 1.50 bits per heavy atom. The quantitative estimate of drug-likeness (QED) is 0.895. The zero-order chi connectivity index (χ0) is 11.4. The fourth-order valence-electron chi connectivity index (χ4n) is 1.65. The van der Waals surface area contributed by atoms with Crippen molar-refractivity contribution in [3.63, 3.8) is 0 Å². The van der Waals surface area contributed by atoms with Crippen LogP contribution in [0.15, 0.2) is 38.2 Å². The minimum atomic E-state index is 0.222. The van der Waals surface area contributed by atoms with Crippen LogP contribution in [-0.4, -0.2) is 6.54 Å². The minimum absolute atomic E-state index is 0.222. The summed E-state index contributed by atoms with van der Waals surface area (Å²) >= 11 is 5.16. The molecular formula is C12H14BrNOS. The Morgan fingerprint density at radius 3 is 2.94 bits per heavy atom. The fourth-order valence-corrected chi connectivity index (χ4v) is 2.80. The molecule has 0 fully saturated rings. The van der Waals surface area contributed by atoms with Crippen LogP contribution in [-0.2, 0) is 0 Å². The molecule has 4 heteroatoms. The maximum Gasteiger partial charge on any atom is 0.174 e. The lowest BCUT2D eigenvalue weighted by molar-refractivity contribution is 0.524. The number of rotatable bonds is 5. The average molecular weight is 300 g/mol. The molecule has 2 aromatic heterocycles. The lowest BCUT2D eigenvalue weighted by atomic mass is 10.0. The van der Waals surface area contributed by atoms with E-state index in [-0.39, 0.29) is 6.04 Å². The number of hydrogen-bond donors (Lipinski definition) is 1. The highest BCUT2D eigenvalue weighted by Crippen LogP contribution is 2.30. The first-order valence-electron chi connectivity index (χ1n) is 5.31. The largest absolute Gasteiger partial charge is 0.457 e. The third-order valence-electron chi connectivity index (χ3n) is 2.43. The van der Waals surface area contributed by atoms with Crippen LogP contribution in [0.4, 0.5) is 0 Å². The molecule has 2 rings (SSSR count). The van der Waals surface area contributed by atoms with Crippen molar-refractivity contribution in [2.75, 3.05) is 6.54 Å². The van der Waals surface area contributed by atoms with E-state index in [1.807, 2.05) is 6.07 Å². The molecule has 2 heterocycles. The number of halogens is 1. The molecule has 0 aromatic carbocycles. The Hall–Kier alpha value is -0.580. The van der Waals surface area contributed by atoms with Crippen molar-refractivity contribution in [1.29, 1.82) is 0 Å². The van der Waals surface area contributed by atoms with Gasteiger partial charge in [0.05, 0.1) is 12.3 Å². The van der Waals surface area contributed by atoms with E-state index in [0.29, 0.717) is 0 Å². The van der Waals surface area contributed by atoms with E-state index in [1.54, 1.807) is 17.6 Å². The molecular weight excluding hydrogens is 286 g/mol. The first kappa shape index (κ1) is 11.9. The summed E-state index contributed by atoms with van der Waals surface area (Å²) in [5, 5.41) is 7.81. The molecule has 2 nitrogen and oxygen atoms in total. The predicted molar refractivity (Wildman–Crippen MR) is 70.9 cm³/mol. The van der Waals surface area contributed by atoms with Crippen molar-refractivity contribution in [3.8, 4) is 0 Å². The summed E-state index contributed by atoms with van der Waals surface area (Å²) in [6, 6.07) is 4.38. The van der Waals surface area contributed by atoms with E-state index in [1.165, 1.54) is 5.56 Å². The first-order valence-corrected chi connectivity index (χ1v) is 7.05. The molecule has 16 heavy (non-hydrogen) atoms. The summed E-state index contributed by atoms with van der Waals surface area (Å²) in [6.45, 7) is 3.17. The zero-order valence-electron chi connectivity index (χ0n) is 9.07. The molecule has 0 amide bonds. The molecule has 1 atom stereocenters. The summed E-state index contributed by atoms with van der Waals surface area (Å²) in [5.74, 6) is 0. The molecule has 2 aromatic rings. The third-order valence-corrected chi connectivity index (χ3v) is 3.78. The lowest BCUT2D eigenvalue weighted by Gasteiger charge is -2.16. The second-order valence-electron chi connectivity index (χ2n) is 3.59. The molecule has 0 aliphatic heterocycles. The number of nitrogens with one attached hydrogen (secondary N) is 1. The van der Waals surface area contributed by atoms with Crippen LogP contribution < -0.4 is 5.32 Å². The average Bonchev–Trinajstić information content (AvgIpc) is 2.91. The maximum absolute atomic E-state index is 5.30. The standard InChI is InChI=1S/C12H14BrNOS/c1-2-5-14-11(9-4-7-16-8-9)10-3-6-15-12(10)13/h3-4,6-8,11,14H,2,5H2,1H3. The van der Waals surface area contributed by atoms with Crippen molar-refractivity contribution in [3.05, 3.63) is 45.0 Å². The topological polar surface area (TPSA) is 25.2 Å². The SMILES string of the molecule is CCCNC(c1ccsc1)c1ccoc1Br. The molecule has 0 bridgehead atoms. The smallest absolute Gasteiger partial charge is 0.174 e. The van der Waals surface area contributed by atoms with E-state index in [2.05, 4.69) is 45.0 Å². The molecule has 0 aliphatic rings. The van der Waals surface area contributed by atoms with Gasteiger partial charge in [0, 0.05) is 5.56 Å². The van der Waals surface area contributed by atoms with Gasteiger partial charge in [0.25, 0.3) is 0 Å². The van der Waals surface area contributed by atoms with Gasteiger partial charge in [-0.3, -0.25) is 0 Å². The molecule has 0 spiro atoms. The minimum Gasteiger partial charge on any atom is -0.457 e. The Labute approximate surface area is 108 Å². The van der Waals surface area contributed by atoms with Gasteiger partial charge < -0.3 is 9.73 Å². The number of furan rings is 1. The fraction of sp³-hybridized carbons (Fsp3) is 0.333. The van der Waals surface area contributed by atoms with Gasteiger partial charge in [0.15, 0.2) is 4.67 Å². The van der Waals surface area contributed by atoms with Gasteiger partial charge in [-0.15, -0.1) is 0 Å². The Bertz CT molecular complexity index is 424. The van der Waals surface area contributed by atoms with Crippen LogP contribution >= 0.6 is 27.3 Å². The van der Waals surface area contributed by atoms with Gasteiger partial charge in [0.2, 0.25) is 0 Å². The van der Waals surface area contributed by atoms with Crippen molar-refractivity contribution in [2.24, 2.45) is 0 Å². The van der Waals surface area contributed by atoms with Crippen molar-refractivity contribution in [2.45, 2.75) is 19.4 Å². The molecule has 1 unspecified atom stereocenters. The first-order chi connectivity index (χ1) is 7.83. The Morgan fingerprint density at radius 2 is 2.38 bits per heavy atom. The highest BCUT2D eigenvalue weighted by molar-refractivity contribution is 9.10. The second kappa shape index (κ2) is 5.66. The van der Waals surface area contributed by atoms with Gasteiger partial charge in [-0.05, 0) is 57.4 Å². The van der Waals surface area contributed by atoms with Crippen LogP contribution in [0.25, 0.3) is 0 Å². The second-order valence-corrected chi connectivity index (χ2v) is 5.09. The molecule has 1 N–H and O–H groups in total. The summed E-state index contributed by atoms with van der Waals surface area (Å²) in [4.78, 5) is 0. The van der Waals surface area contributed by atoms with Crippen LogP contribution in [0, 0.1) is 0 Å². The van der Waals surface area contributed by atoms with Crippen LogP contribution in [0.5, 0.6) is 0 Å². The summed E-state index contributed by atoms with van der Waals surface area (Å²) < 4.78 is 6.12. The Kier molecular flexibility index (Phi) is 4.21. The van der Waals surface area contributed by atoms with E-state index in [0.717, 1.165) is 23.2 Å². The summed E-state index contributed by atoms with van der Waals surface area (Å²) in [7, 11) is 0. The molecule has 0 saturated carbocycles. The van der Waals surface area contributed by atoms with Gasteiger partial charge in [-0.1, -0.05) is 6.92 Å². The van der Waals surface area contributed by atoms with Gasteiger partial charge >= 0.3 is 0 Å². The van der Waals surface area contributed by atoms with E-state index in [4.69, 9.17) is 4.42 Å². The highest BCUT2D eigenvalue weighted by atomic mass is 79.9. The van der Waals surface area contributed by atoms with Crippen LogP contribution in [0.1, 0.15) is 30.5 Å². The van der Waals surface area contributed by atoms with Crippen LogP contribution in [0.3, 0.4) is 0 Å². The number of hydrogen-bond acceptors (Lipinski definition) is 3. The lowest BCUT2D eigenvalue weighted by Crippen LogP contribution is -2.22. The zero-order valence-corrected chi connectivity index (χ0v) is 11.5. The van der Waals surface area contributed by atoms with E-state index in [9.17, 15) is 0 Å². The maximum atomic E-state index is 5.30. The number of thiophene rings is 1. The molecule has 0 aliphatic carbocycles. The van der Waals surface area contributed by atoms with E-state index < -0.39 is 0 Å². The molecule has 0 radical (unpaired) electrons. The van der Waals surface area contributed by atoms with Gasteiger partial charge in [0.1, 0.15) is 0 Å². The monoisotopic (exact) mass is 299 g/mol. The highest BCUT2D eigenvalue weighted by Gasteiger charge is 2.18. The third kappa shape index (κ3) is 2.56. The predicted octanol–water partition coefficient (Wildman–Crippen LogP) is 4.19.